The zero-order valence-electron chi connectivity index (χ0n) is 8.20. The quantitative estimate of drug-likeness (QED) is 0.268. The monoisotopic (exact) mass is 272 g/mol. The van der Waals surface area contributed by atoms with Gasteiger partial charge in [0.2, 0.25) is 0 Å². The smallest absolute Gasteiger partial charge is 0.160 e. The average Bonchev–Trinajstić information content (AvgIpc) is 2.80. The lowest BCUT2D eigenvalue weighted by atomic mass is 11.0. The number of nitrogens with one attached hydrogen (secondary N) is 2. The molecule has 1 saturated heterocycles. The summed E-state index contributed by atoms with van der Waals surface area (Å²) in [5, 5.41) is 12.8. The van der Waals surface area contributed by atoms with E-state index in [1.165, 1.54) is 10.8 Å². The standard InChI is InChI=1S/C6H16N4S4/c1-3-14(4-2,6(9)10,12-13-14)11-5(7)8/h3-4H2,1-2H3,(H3,7,8)(H3,9,10). The van der Waals surface area contributed by atoms with Gasteiger partial charge in [0.25, 0.3) is 0 Å². The van der Waals surface area contributed by atoms with E-state index in [4.69, 9.17) is 22.3 Å². The summed E-state index contributed by atoms with van der Waals surface area (Å²) in [5.41, 5.74) is 11.3. The molecule has 1 aliphatic rings. The molecule has 0 saturated carbocycles. The minimum atomic E-state index is -2.79. The molecule has 0 aromatic heterocycles. The molecule has 0 atom stereocenters. The highest BCUT2D eigenvalue weighted by Gasteiger charge is 2.76. The van der Waals surface area contributed by atoms with Gasteiger partial charge in [0.1, 0.15) is 5.17 Å². The van der Waals surface area contributed by atoms with Crippen LogP contribution in [0, 0.1) is 10.8 Å². The van der Waals surface area contributed by atoms with Gasteiger partial charge in [-0.05, 0) is 42.0 Å². The van der Waals surface area contributed by atoms with Crippen LogP contribution in [0.25, 0.3) is 0 Å². The lowest BCUT2D eigenvalue weighted by Crippen LogP contribution is -2.35. The molecule has 0 bridgehead atoms. The molecule has 4 nitrogen and oxygen atoms in total. The third-order valence-electron chi connectivity index (χ3n) is 2.69. The minimum Gasteiger partial charge on any atom is -0.379 e. The molecular weight excluding hydrogens is 256 g/mol. The van der Waals surface area contributed by atoms with Crippen molar-refractivity contribution in [1.82, 2.24) is 0 Å². The first-order chi connectivity index (χ1) is 6.31. The topological polar surface area (TPSA) is 99.7 Å². The van der Waals surface area contributed by atoms with Crippen molar-refractivity contribution < 1.29 is 0 Å². The highest BCUT2D eigenvalue weighted by atomic mass is 34.3. The van der Waals surface area contributed by atoms with E-state index < -0.39 is 5.39 Å². The summed E-state index contributed by atoms with van der Waals surface area (Å²) in [4.78, 5) is 0. The van der Waals surface area contributed by atoms with E-state index in [-0.39, 0.29) is 10.3 Å². The van der Waals surface area contributed by atoms with Crippen molar-refractivity contribution >= 4 is 46.2 Å². The van der Waals surface area contributed by atoms with Gasteiger partial charge in [-0.2, -0.15) is 0 Å². The molecule has 1 heterocycles. The molecule has 14 heavy (non-hydrogen) atoms. The molecule has 0 aromatic rings. The Balaban J connectivity index is 3.28. The predicted molar refractivity (Wildman–Crippen MR) is 75.3 cm³/mol. The van der Waals surface area contributed by atoms with Gasteiger partial charge < -0.3 is 11.5 Å². The molecule has 0 aliphatic carbocycles. The van der Waals surface area contributed by atoms with Crippen LogP contribution in [0.5, 0.6) is 0 Å². The van der Waals surface area contributed by atoms with Crippen LogP contribution in [0.15, 0.2) is 0 Å². The molecule has 0 spiro atoms. The van der Waals surface area contributed by atoms with E-state index in [0.29, 0.717) is 0 Å². The van der Waals surface area contributed by atoms with Gasteiger partial charge in [-0.1, -0.05) is 19.2 Å². The van der Waals surface area contributed by atoms with Crippen molar-refractivity contribution in [3.05, 3.63) is 0 Å². The Morgan fingerprint density at radius 1 is 1.21 bits per heavy atom. The van der Waals surface area contributed by atoms with Gasteiger partial charge in [0, 0.05) is 0 Å². The summed E-state index contributed by atoms with van der Waals surface area (Å²) in [6, 6.07) is 0. The zero-order chi connectivity index (χ0) is 11.1. The van der Waals surface area contributed by atoms with Crippen LogP contribution in [0.1, 0.15) is 13.8 Å². The summed E-state index contributed by atoms with van der Waals surface area (Å²) >= 11 is 0. The van der Waals surface area contributed by atoms with Crippen molar-refractivity contribution in [2.75, 3.05) is 11.5 Å². The van der Waals surface area contributed by atoms with Gasteiger partial charge in [0.05, 0.1) is 0 Å². The third-order valence-corrected chi connectivity index (χ3v) is 29.3. The van der Waals surface area contributed by atoms with Crippen molar-refractivity contribution in [3.63, 3.8) is 0 Å². The van der Waals surface area contributed by atoms with Crippen LogP contribution in [0.4, 0.5) is 0 Å². The second-order valence-corrected chi connectivity index (χ2v) is 23.4. The highest BCUT2D eigenvalue weighted by Crippen LogP contribution is 3.27. The van der Waals surface area contributed by atoms with E-state index in [9.17, 15) is 0 Å². The first kappa shape index (κ1) is 12.4. The summed E-state index contributed by atoms with van der Waals surface area (Å²) in [7, 11) is 4.68. The van der Waals surface area contributed by atoms with Crippen molar-refractivity contribution in [1.29, 1.82) is 10.8 Å². The second kappa shape index (κ2) is 2.93. The van der Waals surface area contributed by atoms with E-state index >= 15 is 0 Å². The maximum absolute atomic E-state index is 7.86. The first-order valence-corrected chi connectivity index (χ1v) is 11.4. The summed E-state index contributed by atoms with van der Waals surface area (Å²) in [6.45, 7) is 4.07. The molecule has 0 radical (unpaired) electrons. The fraction of sp³-hybridized carbons (Fsp3) is 0.667. The normalized spacial score (nSPS) is 30.1. The van der Waals surface area contributed by atoms with E-state index in [1.807, 2.05) is 13.8 Å². The Morgan fingerprint density at radius 3 is 1.71 bits per heavy atom. The van der Waals surface area contributed by atoms with Gasteiger partial charge in [-0.15, -0.1) is 0 Å². The predicted octanol–water partition coefficient (Wildman–Crippen LogP) is 2.56. The van der Waals surface area contributed by atoms with Crippen LogP contribution in [-0.2, 0) is 0 Å². The number of rotatable bonds is 2. The fourth-order valence-electron chi connectivity index (χ4n) is 1.28. The van der Waals surface area contributed by atoms with Crippen LogP contribution in [-0.4, -0.2) is 21.8 Å². The van der Waals surface area contributed by atoms with Crippen molar-refractivity contribution in [2.24, 2.45) is 11.5 Å². The van der Waals surface area contributed by atoms with Gasteiger partial charge >= 0.3 is 0 Å². The molecule has 0 amide bonds. The average molecular weight is 272 g/mol. The maximum atomic E-state index is 7.86. The summed E-state index contributed by atoms with van der Waals surface area (Å²) in [6.07, 6.45) is 0. The van der Waals surface area contributed by atoms with Crippen LogP contribution in [0.2, 0.25) is 0 Å². The number of amidine groups is 2. The lowest BCUT2D eigenvalue weighted by molar-refractivity contribution is 1.41. The SMILES string of the molecule is CCS1(CC)(SC(=N)N)(C(=N)N)SS1. The molecular formula is C6H16N4S4. The Hall–Kier alpha value is 0.340. The molecule has 1 rings (SSSR count). The largest absolute Gasteiger partial charge is 0.379 e. The minimum absolute atomic E-state index is 0.0723. The first-order valence-electron chi connectivity index (χ1n) is 4.14. The molecule has 1 fully saturated rings. The Bertz CT molecular complexity index is 314. The Labute approximate surface area is 93.6 Å². The van der Waals surface area contributed by atoms with Gasteiger partial charge in [0.15, 0.2) is 5.17 Å². The molecule has 0 aromatic carbocycles. The van der Waals surface area contributed by atoms with Crippen molar-refractivity contribution in [3.8, 4) is 0 Å². The summed E-state index contributed by atoms with van der Waals surface area (Å²) < 4.78 is 0. The number of nitrogens with two attached hydrogens (primary N) is 2. The fourth-order valence-corrected chi connectivity index (χ4v) is 23.0. The molecule has 84 valence electrons. The van der Waals surface area contributed by atoms with Gasteiger partial charge in [-0.25, -0.2) is 0 Å². The molecule has 1 aliphatic heterocycles. The van der Waals surface area contributed by atoms with Gasteiger partial charge in [-0.3, -0.25) is 10.8 Å². The second-order valence-electron chi connectivity index (χ2n) is 3.18. The summed E-state index contributed by atoms with van der Waals surface area (Å²) in [5.74, 6) is 1.62. The Kier molecular flexibility index (Phi) is 2.60. The Morgan fingerprint density at radius 2 is 1.64 bits per heavy atom. The maximum Gasteiger partial charge on any atom is 0.160 e. The number of hydrogen-bond donors (Lipinski definition) is 4. The third kappa shape index (κ3) is 1.20. The molecule has 6 N–H and O–H groups in total. The van der Waals surface area contributed by atoms with E-state index in [2.05, 4.69) is 0 Å². The number of hydrogen-bond acceptors (Lipinski definition) is 5. The highest BCUT2D eigenvalue weighted by molar-refractivity contribution is 9.98. The zero-order valence-corrected chi connectivity index (χ0v) is 11.5. The van der Waals surface area contributed by atoms with Crippen LogP contribution >= 0.6 is 35.8 Å². The van der Waals surface area contributed by atoms with E-state index in [1.54, 1.807) is 19.7 Å². The lowest BCUT2D eigenvalue weighted by Gasteiger charge is -2.56. The molecule has 8 heteroatoms. The van der Waals surface area contributed by atoms with Crippen LogP contribution < -0.4 is 11.5 Å². The van der Waals surface area contributed by atoms with E-state index in [0.717, 1.165) is 11.5 Å². The van der Waals surface area contributed by atoms with Crippen LogP contribution in [0.3, 0.4) is 0 Å². The van der Waals surface area contributed by atoms with Crippen molar-refractivity contribution in [2.45, 2.75) is 13.8 Å². The molecule has 0 unspecified atom stereocenters.